The first kappa shape index (κ1) is 13.0. The first-order chi connectivity index (χ1) is 7.65. The molecule has 2 nitrogen and oxygen atoms in total. The van der Waals surface area contributed by atoms with Gasteiger partial charge in [-0.05, 0) is 25.0 Å². The largest absolute Gasteiger partial charge is 0.463 e. The fourth-order valence-electron chi connectivity index (χ4n) is 1.37. The van der Waals surface area contributed by atoms with Crippen LogP contribution in [-0.2, 0) is 9.53 Å². The van der Waals surface area contributed by atoms with Gasteiger partial charge in [0.05, 0.1) is 6.61 Å². The summed E-state index contributed by atoms with van der Waals surface area (Å²) in [6.07, 6.45) is 1.54. The molecule has 0 fully saturated rings. The Morgan fingerprint density at radius 3 is 2.56 bits per heavy atom. The molecule has 0 amide bonds. The standard InChI is InChI=1S/C13H15BrO2/c1-3-16-13(15)9-12(10(2)14)11-7-5-4-6-8-11/h4-10H,3H2,1-2H3/b12-9+. The van der Waals surface area contributed by atoms with Crippen molar-refractivity contribution >= 4 is 27.5 Å². The number of esters is 1. The van der Waals surface area contributed by atoms with E-state index in [2.05, 4.69) is 15.9 Å². The summed E-state index contributed by atoms with van der Waals surface area (Å²) in [6.45, 7) is 4.18. The molecule has 0 heterocycles. The minimum absolute atomic E-state index is 0.110. The lowest BCUT2D eigenvalue weighted by molar-refractivity contribution is -0.137. The van der Waals surface area contributed by atoms with Gasteiger partial charge in [0.25, 0.3) is 0 Å². The Labute approximate surface area is 104 Å². The predicted molar refractivity (Wildman–Crippen MR) is 69.4 cm³/mol. The highest BCUT2D eigenvalue weighted by Gasteiger charge is 2.10. The molecule has 0 aliphatic heterocycles. The van der Waals surface area contributed by atoms with Crippen molar-refractivity contribution in [3.8, 4) is 0 Å². The Hall–Kier alpha value is -1.09. The molecule has 1 aromatic carbocycles. The van der Waals surface area contributed by atoms with E-state index in [9.17, 15) is 4.79 Å². The second kappa shape index (κ2) is 6.48. The van der Waals surface area contributed by atoms with E-state index in [1.165, 1.54) is 6.08 Å². The first-order valence-electron chi connectivity index (χ1n) is 5.23. The quantitative estimate of drug-likeness (QED) is 0.481. The van der Waals surface area contributed by atoms with Crippen molar-refractivity contribution in [3.63, 3.8) is 0 Å². The second-order valence-corrected chi connectivity index (χ2v) is 4.71. The average molecular weight is 283 g/mol. The van der Waals surface area contributed by atoms with Crippen LogP contribution in [0.5, 0.6) is 0 Å². The summed E-state index contributed by atoms with van der Waals surface area (Å²) in [5, 5.41) is 0. The molecule has 0 radical (unpaired) electrons. The molecule has 86 valence electrons. The molecule has 1 aromatic rings. The Bertz CT molecular complexity index is 369. The maximum absolute atomic E-state index is 11.4. The van der Waals surface area contributed by atoms with E-state index in [1.807, 2.05) is 37.3 Å². The molecule has 0 bridgehead atoms. The zero-order chi connectivity index (χ0) is 12.0. The van der Waals surface area contributed by atoms with Gasteiger partial charge in [0.15, 0.2) is 0 Å². The van der Waals surface area contributed by atoms with E-state index in [4.69, 9.17) is 4.74 Å². The molecule has 0 aliphatic carbocycles. The Kier molecular flexibility index (Phi) is 5.26. The molecular formula is C13H15BrO2. The van der Waals surface area contributed by atoms with Crippen LogP contribution in [0.3, 0.4) is 0 Å². The summed E-state index contributed by atoms with van der Waals surface area (Å²) in [6, 6.07) is 9.80. The average Bonchev–Trinajstić information content (AvgIpc) is 2.27. The van der Waals surface area contributed by atoms with Crippen molar-refractivity contribution < 1.29 is 9.53 Å². The molecule has 0 N–H and O–H groups in total. The molecule has 1 unspecified atom stereocenters. The molecule has 16 heavy (non-hydrogen) atoms. The third-order valence-electron chi connectivity index (χ3n) is 2.10. The second-order valence-electron chi connectivity index (χ2n) is 3.33. The van der Waals surface area contributed by atoms with Crippen molar-refractivity contribution in [2.24, 2.45) is 0 Å². The van der Waals surface area contributed by atoms with Crippen LogP contribution in [-0.4, -0.2) is 17.4 Å². The smallest absolute Gasteiger partial charge is 0.331 e. The molecule has 3 heteroatoms. The van der Waals surface area contributed by atoms with E-state index < -0.39 is 0 Å². The van der Waals surface area contributed by atoms with Gasteiger partial charge in [-0.25, -0.2) is 4.79 Å². The van der Waals surface area contributed by atoms with Gasteiger partial charge >= 0.3 is 5.97 Å². The van der Waals surface area contributed by atoms with Crippen molar-refractivity contribution in [2.75, 3.05) is 6.61 Å². The van der Waals surface area contributed by atoms with E-state index in [0.717, 1.165) is 11.1 Å². The monoisotopic (exact) mass is 282 g/mol. The van der Waals surface area contributed by atoms with E-state index in [0.29, 0.717) is 6.61 Å². The lowest BCUT2D eigenvalue weighted by Gasteiger charge is -2.10. The number of carbonyl (C=O) groups is 1. The van der Waals surface area contributed by atoms with Crippen LogP contribution in [0.25, 0.3) is 5.57 Å². The highest BCUT2D eigenvalue weighted by atomic mass is 79.9. The van der Waals surface area contributed by atoms with Gasteiger partial charge in [0.1, 0.15) is 0 Å². The van der Waals surface area contributed by atoms with Crippen LogP contribution in [0, 0.1) is 0 Å². The maximum Gasteiger partial charge on any atom is 0.331 e. The normalized spacial score (nSPS) is 13.3. The number of hydrogen-bond donors (Lipinski definition) is 0. The van der Waals surface area contributed by atoms with Gasteiger partial charge in [-0.15, -0.1) is 0 Å². The topological polar surface area (TPSA) is 26.3 Å². The maximum atomic E-state index is 11.4. The van der Waals surface area contributed by atoms with Crippen molar-refractivity contribution in [2.45, 2.75) is 18.7 Å². The van der Waals surface area contributed by atoms with E-state index >= 15 is 0 Å². The fraction of sp³-hybridized carbons (Fsp3) is 0.308. The van der Waals surface area contributed by atoms with Crippen LogP contribution in [0.4, 0.5) is 0 Å². The molecule has 0 spiro atoms. The molecular weight excluding hydrogens is 268 g/mol. The van der Waals surface area contributed by atoms with Gasteiger partial charge in [0, 0.05) is 10.9 Å². The van der Waals surface area contributed by atoms with Crippen LogP contribution < -0.4 is 0 Å². The molecule has 1 atom stereocenters. The number of alkyl halides is 1. The minimum Gasteiger partial charge on any atom is -0.463 e. The highest BCUT2D eigenvalue weighted by molar-refractivity contribution is 9.09. The number of carbonyl (C=O) groups excluding carboxylic acids is 1. The number of benzene rings is 1. The highest BCUT2D eigenvalue weighted by Crippen LogP contribution is 2.23. The first-order valence-corrected chi connectivity index (χ1v) is 6.14. The Morgan fingerprint density at radius 1 is 1.44 bits per heavy atom. The van der Waals surface area contributed by atoms with Crippen molar-refractivity contribution in [3.05, 3.63) is 42.0 Å². The summed E-state index contributed by atoms with van der Waals surface area (Å²) in [7, 11) is 0. The third kappa shape index (κ3) is 3.81. The summed E-state index contributed by atoms with van der Waals surface area (Å²) in [5.41, 5.74) is 1.96. The van der Waals surface area contributed by atoms with Crippen LogP contribution in [0.2, 0.25) is 0 Å². The molecule has 1 rings (SSSR count). The summed E-state index contributed by atoms with van der Waals surface area (Å²) in [4.78, 5) is 11.5. The zero-order valence-electron chi connectivity index (χ0n) is 9.44. The number of ether oxygens (including phenoxy) is 1. The summed E-state index contributed by atoms with van der Waals surface area (Å²) in [5.74, 6) is -0.298. The Balaban J connectivity index is 2.96. The van der Waals surface area contributed by atoms with E-state index in [1.54, 1.807) is 6.92 Å². The van der Waals surface area contributed by atoms with Crippen LogP contribution in [0.15, 0.2) is 36.4 Å². The van der Waals surface area contributed by atoms with Gasteiger partial charge < -0.3 is 4.74 Å². The lowest BCUT2D eigenvalue weighted by atomic mass is 10.0. The van der Waals surface area contributed by atoms with Crippen molar-refractivity contribution in [1.29, 1.82) is 0 Å². The van der Waals surface area contributed by atoms with Gasteiger partial charge in [-0.2, -0.15) is 0 Å². The molecule has 0 aliphatic rings. The minimum atomic E-state index is -0.298. The number of allylic oxidation sites excluding steroid dienone is 1. The van der Waals surface area contributed by atoms with Gasteiger partial charge in [-0.1, -0.05) is 46.3 Å². The SMILES string of the molecule is CCOC(=O)/C=C(/c1ccccc1)C(C)Br. The molecule has 0 aromatic heterocycles. The summed E-state index contributed by atoms with van der Waals surface area (Å²) < 4.78 is 4.91. The Morgan fingerprint density at radius 2 is 2.06 bits per heavy atom. The lowest BCUT2D eigenvalue weighted by Crippen LogP contribution is -2.04. The predicted octanol–water partition coefficient (Wildman–Crippen LogP) is 3.42. The van der Waals surface area contributed by atoms with Crippen LogP contribution >= 0.6 is 15.9 Å². The van der Waals surface area contributed by atoms with Crippen molar-refractivity contribution in [1.82, 2.24) is 0 Å². The van der Waals surface area contributed by atoms with E-state index in [-0.39, 0.29) is 10.8 Å². The number of halogens is 1. The fourth-order valence-corrected chi connectivity index (χ4v) is 1.77. The zero-order valence-corrected chi connectivity index (χ0v) is 11.0. The summed E-state index contributed by atoms with van der Waals surface area (Å²) >= 11 is 3.48. The van der Waals surface area contributed by atoms with Crippen LogP contribution in [0.1, 0.15) is 19.4 Å². The third-order valence-corrected chi connectivity index (χ3v) is 2.59. The number of hydrogen-bond acceptors (Lipinski definition) is 2. The van der Waals surface area contributed by atoms with Gasteiger partial charge in [-0.3, -0.25) is 0 Å². The molecule has 0 saturated heterocycles. The molecule has 0 saturated carbocycles. The van der Waals surface area contributed by atoms with Gasteiger partial charge in [0.2, 0.25) is 0 Å². The number of rotatable bonds is 4.